The minimum Gasteiger partial charge on any atom is -0.500 e. The summed E-state index contributed by atoms with van der Waals surface area (Å²) >= 11 is 0. The third kappa shape index (κ3) is 7.21. The van der Waals surface area contributed by atoms with E-state index in [0.717, 1.165) is 40.2 Å². The fraction of sp³-hybridized carbons (Fsp3) is 0.243. The van der Waals surface area contributed by atoms with Gasteiger partial charge in [0, 0.05) is 37.9 Å². The van der Waals surface area contributed by atoms with Crippen molar-refractivity contribution in [2.24, 2.45) is 5.92 Å². The second-order valence-corrected chi connectivity index (χ2v) is 17.3. The molecule has 3 aromatic carbocycles. The third-order valence-electron chi connectivity index (χ3n) is 8.09. The Hall–Kier alpha value is -3.44. The average Bonchev–Trinajstić information content (AvgIpc) is 3.65. The second kappa shape index (κ2) is 13.5. The molecule has 1 fully saturated rings. The number of halogens is 1. The largest absolute Gasteiger partial charge is 0.500 e. The van der Waals surface area contributed by atoms with Crippen LogP contribution >= 0.6 is 0 Å². The quantitative estimate of drug-likeness (QED) is 0.130. The minimum absolute atomic E-state index is 0. The summed E-state index contributed by atoms with van der Waals surface area (Å²) in [6.45, 7) is 7.00. The van der Waals surface area contributed by atoms with Crippen molar-refractivity contribution < 1.29 is 28.9 Å². The van der Waals surface area contributed by atoms with E-state index in [1.807, 2.05) is 42.7 Å². The molecule has 0 amide bonds. The van der Waals surface area contributed by atoms with Crippen LogP contribution in [0.15, 0.2) is 95.7 Å². The molecule has 6 aromatic rings. The molecule has 0 atom stereocenters. The van der Waals surface area contributed by atoms with E-state index in [9.17, 15) is 4.39 Å². The Bertz CT molecular complexity index is 1810. The maximum atomic E-state index is 14.3. The van der Waals surface area contributed by atoms with Gasteiger partial charge in [0.05, 0.1) is 13.7 Å². The van der Waals surface area contributed by atoms with Gasteiger partial charge in [-0.3, -0.25) is 0 Å². The molecule has 7 rings (SSSR count). The van der Waals surface area contributed by atoms with Gasteiger partial charge in [0.25, 0.3) is 0 Å². The van der Waals surface area contributed by atoms with Gasteiger partial charge in [-0.15, -0.1) is 59.7 Å². The predicted molar refractivity (Wildman–Crippen MR) is 173 cm³/mol. The van der Waals surface area contributed by atoms with Crippen LogP contribution in [-0.4, -0.2) is 18.0 Å². The SMILES string of the molecule is C[Si](C)(C)c1ccc(-c2[c-]cccc2)nc1.Fc1cccc2oc3c[c-]c(-c4cc(CC5CCCC5)ccn4)cc3c12.[Ir]. The zero-order valence-corrected chi connectivity index (χ0v) is 28.2. The zero-order chi connectivity index (χ0) is 29.1. The molecule has 0 saturated heterocycles. The van der Waals surface area contributed by atoms with Gasteiger partial charge in [-0.1, -0.05) is 80.5 Å². The van der Waals surface area contributed by atoms with Crippen LogP contribution in [0.25, 0.3) is 44.5 Å². The molecule has 0 bridgehead atoms. The van der Waals surface area contributed by atoms with Crippen LogP contribution in [0.2, 0.25) is 19.6 Å². The Morgan fingerprint density at radius 2 is 1.70 bits per heavy atom. The molecule has 0 N–H and O–H groups in total. The van der Waals surface area contributed by atoms with Crippen molar-refractivity contribution in [1.82, 2.24) is 9.97 Å². The van der Waals surface area contributed by atoms with E-state index >= 15 is 0 Å². The standard InChI is InChI=1S/C23H19FNO.C14H16NSi.Ir/c24-19-6-3-7-22-23(19)18-14-17(8-9-21(18)26-22)20-13-16(10-11-25-20)12-15-4-1-2-5-15;1-16(2,3)13-9-10-14(15-11-13)12-7-5-4-6-8-12;/h3,6-7,9-11,13-15H,1-2,4-5,12H2;4-7,9-11H,1-3H3;/q2*-1;. The summed E-state index contributed by atoms with van der Waals surface area (Å²) in [6.07, 6.45) is 10.4. The number of nitrogens with zero attached hydrogens (tertiary/aromatic N) is 2. The Balaban J connectivity index is 0.000000188. The first-order chi connectivity index (χ1) is 20.3. The van der Waals surface area contributed by atoms with Crippen LogP contribution in [0.4, 0.5) is 4.39 Å². The van der Waals surface area contributed by atoms with Gasteiger partial charge in [0.1, 0.15) is 11.4 Å². The number of furan rings is 1. The first-order valence-corrected chi connectivity index (χ1v) is 18.3. The summed E-state index contributed by atoms with van der Waals surface area (Å²) in [5, 5.41) is 2.70. The molecule has 221 valence electrons. The van der Waals surface area contributed by atoms with Crippen molar-refractivity contribution in [3.8, 4) is 22.5 Å². The topological polar surface area (TPSA) is 38.9 Å². The molecule has 43 heavy (non-hydrogen) atoms. The van der Waals surface area contributed by atoms with Crippen LogP contribution in [0, 0.1) is 23.9 Å². The Kier molecular flexibility index (Phi) is 9.70. The second-order valence-electron chi connectivity index (χ2n) is 12.2. The van der Waals surface area contributed by atoms with E-state index in [1.165, 1.54) is 42.5 Å². The Labute approximate surface area is 268 Å². The van der Waals surface area contributed by atoms with Crippen LogP contribution in [0.3, 0.4) is 0 Å². The first kappa shape index (κ1) is 31.0. The van der Waals surface area contributed by atoms with E-state index in [1.54, 1.807) is 18.2 Å². The first-order valence-electron chi connectivity index (χ1n) is 14.8. The predicted octanol–water partition coefficient (Wildman–Crippen LogP) is 9.41. The van der Waals surface area contributed by atoms with Gasteiger partial charge in [-0.25, -0.2) is 4.39 Å². The molecule has 0 spiro atoms. The smallest absolute Gasteiger partial charge is 0.133 e. The summed E-state index contributed by atoms with van der Waals surface area (Å²) in [5.41, 5.74) is 6.35. The fourth-order valence-electron chi connectivity index (χ4n) is 5.72. The Morgan fingerprint density at radius 3 is 2.42 bits per heavy atom. The van der Waals surface area contributed by atoms with Crippen molar-refractivity contribution >= 4 is 35.2 Å². The number of hydrogen-bond donors (Lipinski definition) is 0. The van der Waals surface area contributed by atoms with Crippen LogP contribution in [0.1, 0.15) is 31.2 Å². The van der Waals surface area contributed by atoms with Crippen molar-refractivity contribution in [3.05, 3.63) is 115 Å². The number of hydrogen-bond acceptors (Lipinski definition) is 3. The summed E-state index contributed by atoms with van der Waals surface area (Å²) < 4.78 is 20.0. The number of aromatic nitrogens is 2. The monoisotopic (exact) mass is 763 g/mol. The van der Waals surface area contributed by atoms with Gasteiger partial charge in [0.2, 0.25) is 0 Å². The third-order valence-corrected chi connectivity index (χ3v) is 10.1. The summed E-state index contributed by atoms with van der Waals surface area (Å²) in [5.74, 6) is 0.532. The maximum absolute atomic E-state index is 14.3. The molecular weight excluding hydrogens is 728 g/mol. The zero-order valence-electron chi connectivity index (χ0n) is 24.8. The van der Waals surface area contributed by atoms with E-state index in [2.05, 4.69) is 66.0 Å². The summed E-state index contributed by atoms with van der Waals surface area (Å²) in [7, 11) is -1.23. The number of rotatable bonds is 5. The van der Waals surface area contributed by atoms with Crippen molar-refractivity contribution in [2.75, 3.05) is 0 Å². The van der Waals surface area contributed by atoms with E-state index in [0.29, 0.717) is 16.6 Å². The minimum atomic E-state index is -1.23. The van der Waals surface area contributed by atoms with Crippen LogP contribution < -0.4 is 5.19 Å². The number of benzene rings is 3. The molecule has 1 radical (unpaired) electrons. The van der Waals surface area contributed by atoms with Crippen LogP contribution in [0.5, 0.6) is 0 Å². The molecule has 0 aliphatic heterocycles. The molecule has 3 heterocycles. The molecule has 0 unspecified atom stereocenters. The normalized spacial score (nSPS) is 13.5. The van der Waals surface area contributed by atoms with E-state index in [4.69, 9.17) is 4.42 Å². The summed E-state index contributed by atoms with van der Waals surface area (Å²) in [6, 6.07) is 31.6. The van der Waals surface area contributed by atoms with Crippen LogP contribution in [-0.2, 0) is 26.5 Å². The number of pyridine rings is 2. The molecule has 3 aromatic heterocycles. The molecule has 1 saturated carbocycles. The molecule has 1 aliphatic rings. The fourth-order valence-corrected chi connectivity index (χ4v) is 6.76. The molecule has 1 aliphatic carbocycles. The molecular formula is C37H35FIrN2OSi-2. The van der Waals surface area contributed by atoms with E-state index < -0.39 is 8.07 Å². The van der Waals surface area contributed by atoms with Gasteiger partial charge < -0.3 is 14.4 Å². The van der Waals surface area contributed by atoms with Gasteiger partial charge in [-0.2, -0.15) is 0 Å². The van der Waals surface area contributed by atoms with Gasteiger partial charge >= 0.3 is 0 Å². The van der Waals surface area contributed by atoms with Crippen molar-refractivity contribution in [1.29, 1.82) is 0 Å². The molecule has 3 nitrogen and oxygen atoms in total. The van der Waals surface area contributed by atoms with Gasteiger partial charge in [-0.05, 0) is 47.1 Å². The van der Waals surface area contributed by atoms with Gasteiger partial charge in [0.15, 0.2) is 0 Å². The van der Waals surface area contributed by atoms with Crippen molar-refractivity contribution in [2.45, 2.75) is 51.7 Å². The number of fused-ring (bicyclic) bond motifs is 3. The maximum Gasteiger partial charge on any atom is 0.133 e. The Morgan fingerprint density at radius 1 is 0.860 bits per heavy atom. The van der Waals surface area contributed by atoms with E-state index in [-0.39, 0.29) is 25.9 Å². The van der Waals surface area contributed by atoms with Crippen molar-refractivity contribution in [3.63, 3.8) is 0 Å². The summed E-state index contributed by atoms with van der Waals surface area (Å²) in [4.78, 5) is 9.04. The molecule has 6 heteroatoms. The average molecular weight is 763 g/mol.